The lowest BCUT2D eigenvalue weighted by atomic mass is 9.96. The second-order valence-corrected chi connectivity index (χ2v) is 11.5. The zero-order valence-corrected chi connectivity index (χ0v) is 25.7. The smallest absolute Gasteiger partial charge is 0.253 e. The molecule has 0 radical (unpaired) electrons. The topological polar surface area (TPSA) is 81.8 Å². The van der Waals surface area contributed by atoms with Gasteiger partial charge < -0.3 is 20.4 Å². The maximum Gasteiger partial charge on any atom is 0.253 e. The number of nitrogens with one attached hydrogen (secondary N) is 2. The van der Waals surface area contributed by atoms with Gasteiger partial charge in [0, 0.05) is 56.0 Å². The minimum Gasteiger partial charge on any atom is -0.349 e. The largest absolute Gasteiger partial charge is 0.349 e. The van der Waals surface area contributed by atoms with Crippen molar-refractivity contribution in [2.75, 3.05) is 26.2 Å². The molecule has 1 heterocycles. The van der Waals surface area contributed by atoms with Crippen LogP contribution in [-0.4, -0.2) is 65.8 Å². The molecule has 0 bridgehead atoms. The van der Waals surface area contributed by atoms with E-state index in [9.17, 15) is 23.2 Å². The van der Waals surface area contributed by atoms with Crippen molar-refractivity contribution in [1.29, 1.82) is 0 Å². The minimum absolute atomic E-state index is 0.0971. The third-order valence-corrected chi connectivity index (χ3v) is 7.72. The van der Waals surface area contributed by atoms with Crippen LogP contribution in [0.2, 0.25) is 0 Å². The number of halogens is 2. The molecule has 0 aliphatic carbocycles. The second-order valence-electron chi connectivity index (χ2n) is 11.5. The highest BCUT2D eigenvalue weighted by molar-refractivity contribution is 6.00. The fourth-order valence-electron chi connectivity index (χ4n) is 5.77. The Bertz CT molecular complexity index is 1420. The number of carbonyl (C=O) groups is 3. The molecule has 2 N–H and O–H groups in total. The SMILES string of the molecule is CCCN(CCC)C(=O)c1cc(C)cc(C(=O)N[C@@H](Cc2cc(F)cc(F)c2)C[C@@H]2NCCN(Cc3ccccc3)C2=O)c1. The first-order valence-corrected chi connectivity index (χ1v) is 15.4. The van der Waals surface area contributed by atoms with Gasteiger partial charge in [-0.15, -0.1) is 0 Å². The van der Waals surface area contributed by atoms with Crippen LogP contribution < -0.4 is 10.6 Å². The molecule has 1 saturated heterocycles. The highest BCUT2D eigenvalue weighted by Gasteiger charge is 2.31. The summed E-state index contributed by atoms with van der Waals surface area (Å²) in [7, 11) is 0. The van der Waals surface area contributed by atoms with Crippen LogP contribution in [0.5, 0.6) is 0 Å². The summed E-state index contributed by atoms with van der Waals surface area (Å²) in [6, 6.07) is 16.8. The standard InChI is InChI=1S/C35H42F2N4O3/c1-4-12-40(13-5-2)34(43)28-16-24(3)15-27(20-28)33(42)39-31(19-26-17-29(36)21-30(37)18-26)22-32-35(44)41(14-11-38-32)23-25-9-7-6-8-10-25/h6-10,15-18,20-21,31-32,38H,4-5,11-14,19,22-23H2,1-3H3,(H,39,42)/t31-,32-/m0/s1. The van der Waals surface area contributed by atoms with E-state index in [-0.39, 0.29) is 24.7 Å². The van der Waals surface area contributed by atoms with E-state index < -0.39 is 29.6 Å². The summed E-state index contributed by atoms with van der Waals surface area (Å²) in [6.07, 6.45) is 1.98. The fraction of sp³-hybridized carbons (Fsp3) is 0.400. The van der Waals surface area contributed by atoms with Crippen molar-refractivity contribution in [1.82, 2.24) is 20.4 Å². The van der Waals surface area contributed by atoms with Gasteiger partial charge in [0.1, 0.15) is 11.6 Å². The number of hydrogen-bond donors (Lipinski definition) is 2. The molecule has 0 aromatic heterocycles. The molecule has 1 aliphatic heterocycles. The number of rotatable bonds is 13. The first kappa shape index (κ1) is 32.8. The maximum atomic E-state index is 14.1. The Labute approximate surface area is 258 Å². The fourth-order valence-corrected chi connectivity index (χ4v) is 5.77. The van der Waals surface area contributed by atoms with Gasteiger partial charge in [-0.3, -0.25) is 14.4 Å². The van der Waals surface area contributed by atoms with E-state index in [1.807, 2.05) is 51.1 Å². The Kier molecular flexibility index (Phi) is 11.6. The maximum absolute atomic E-state index is 14.1. The van der Waals surface area contributed by atoms with Gasteiger partial charge in [0.05, 0.1) is 6.04 Å². The molecule has 2 atom stereocenters. The molecule has 44 heavy (non-hydrogen) atoms. The van der Waals surface area contributed by atoms with Crippen LogP contribution in [0.3, 0.4) is 0 Å². The van der Waals surface area contributed by atoms with Crippen molar-refractivity contribution in [3.63, 3.8) is 0 Å². The number of benzene rings is 3. The summed E-state index contributed by atoms with van der Waals surface area (Å²) in [5.41, 5.74) is 2.89. The van der Waals surface area contributed by atoms with E-state index in [1.165, 1.54) is 12.1 Å². The van der Waals surface area contributed by atoms with Crippen molar-refractivity contribution in [2.24, 2.45) is 0 Å². The van der Waals surface area contributed by atoms with Gasteiger partial charge in [0.15, 0.2) is 0 Å². The molecule has 4 rings (SSSR count). The summed E-state index contributed by atoms with van der Waals surface area (Å²) in [5, 5.41) is 6.27. The van der Waals surface area contributed by atoms with E-state index in [2.05, 4.69) is 10.6 Å². The second kappa shape index (κ2) is 15.6. The predicted octanol–water partition coefficient (Wildman–Crippen LogP) is 5.27. The number of aryl methyl sites for hydroxylation is 1. The van der Waals surface area contributed by atoms with Gasteiger partial charge in [-0.05, 0) is 79.6 Å². The lowest BCUT2D eigenvalue weighted by Gasteiger charge is -2.35. The van der Waals surface area contributed by atoms with Crippen molar-refractivity contribution in [3.05, 3.63) is 106 Å². The number of nitrogens with zero attached hydrogens (tertiary/aromatic N) is 2. The average molecular weight is 605 g/mol. The summed E-state index contributed by atoms with van der Waals surface area (Å²) >= 11 is 0. The zero-order valence-electron chi connectivity index (χ0n) is 25.7. The molecule has 3 aromatic carbocycles. The first-order valence-electron chi connectivity index (χ1n) is 15.4. The van der Waals surface area contributed by atoms with Crippen molar-refractivity contribution in [3.8, 4) is 0 Å². The van der Waals surface area contributed by atoms with Gasteiger partial charge in [-0.2, -0.15) is 0 Å². The summed E-state index contributed by atoms with van der Waals surface area (Å²) in [6.45, 7) is 8.70. The third kappa shape index (κ3) is 8.95. The van der Waals surface area contributed by atoms with E-state index >= 15 is 0 Å². The number of hydrogen-bond acceptors (Lipinski definition) is 4. The molecule has 0 saturated carbocycles. The average Bonchev–Trinajstić information content (AvgIpc) is 2.98. The Morgan fingerprint density at radius 3 is 2.27 bits per heavy atom. The van der Waals surface area contributed by atoms with Crippen LogP contribution in [0.15, 0.2) is 66.7 Å². The van der Waals surface area contributed by atoms with Crippen LogP contribution in [0.1, 0.15) is 70.5 Å². The number of carbonyl (C=O) groups excluding carboxylic acids is 3. The molecule has 1 aliphatic rings. The van der Waals surface area contributed by atoms with Gasteiger partial charge >= 0.3 is 0 Å². The van der Waals surface area contributed by atoms with Crippen LogP contribution in [0.4, 0.5) is 8.78 Å². The van der Waals surface area contributed by atoms with E-state index in [0.29, 0.717) is 49.4 Å². The van der Waals surface area contributed by atoms with Crippen LogP contribution in [-0.2, 0) is 17.8 Å². The van der Waals surface area contributed by atoms with Gasteiger partial charge in [0.2, 0.25) is 5.91 Å². The van der Waals surface area contributed by atoms with Gasteiger partial charge in [-0.1, -0.05) is 44.2 Å². The normalized spacial score (nSPS) is 15.6. The predicted molar refractivity (Wildman–Crippen MR) is 167 cm³/mol. The third-order valence-electron chi connectivity index (χ3n) is 7.72. The van der Waals surface area contributed by atoms with Crippen LogP contribution in [0, 0.1) is 18.6 Å². The zero-order chi connectivity index (χ0) is 31.6. The molecular weight excluding hydrogens is 562 g/mol. The quantitative estimate of drug-likeness (QED) is 0.279. The van der Waals surface area contributed by atoms with Crippen molar-refractivity contribution < 1.29 is 23.2 Å². The van der Waals surface area contributed by atoms with Gasteiger partial charge in [-0.25, -0.2) is 8.78 Å². The monoisotopic (exact) mass is 604 g/mol. The van der Waals surface area contributed by atoms with E-state index in [1.54, 1.807) is 28.0 Å². The van der Waals surface area contributed by atoms with Crippen molar-refractivity contribution >= 4 is 17.7 Å². The number of piperazine rings is 1. The Morgan fingerprint density at radius 2 is 1.61 bits per heavy atom. The van der Waals surface area contributed by atoms with Crippen molar-refractivity contribution in [2.45, 2.75) is 65.1 Å². The van der Waals surface area contributed by atoms with E-state index in [0.717, 1.165) is 30.0 Å². The lowest BCUT2D eigenvalue weighted by molar-refractivity contribution is -0.136. The van der Waals surface area contributed by atoms with E-state index in [4.69, 9.17) is 0 Å². The van der Waals surface area contributed by atoms with Crippen LogP contribution >= 0.6 is 0 Å². The van der Waals surface area contributed by atoms with Crippen LogP contribution in [0.25, 0.3) is 0 Å². The molecule has 7 nitrogen and oxygen atoms in total. The lowest BCUT2D eigenvalue weighted by Crippen LogP contribution is -2.56. The molecule has 0 spiro atoms. The summed E-state index contributed by atoms with van der Waals surface area (Å²) < 4.78 is 28.2. The number of amides is 3. The highest BCUT2D eigenvalue weighted by atomic mass is 19.1. The Morgan fingerprint density at radius 1 is 0.955 bits per heavy atom. The Balaban J connectivity index is 1.56. The molecule has 234 valence electrons. The summed E-state index contributed by atoms with van der Waals surface area (Å²) in [5.74, 6) is -2.08. The summed E-state index contributed by atoms with van der Waals surface area (Å²) in [4.78, 5) is 44.1. The molecule has 1 fully saturated rings. The van der Waals surface area contributed by atoms with Gasteiger partial charge in [0.25, 0.3) is 11.8 Å². The molecule has 3 amide bonds. The Hall–Kier alpha value is -4.11. The highest BCUT2D eigenvalue weighted by Crippen LogP contribution is 2.18. The first-order chi connectivity index (χ1) is 21.2. The molecule has 3 aromatic rings. The minimum atomic E-state index is -0.712. The molecular formula is C35H42F2N4O3. The molecule has 9 heteroatoms. The molecule has 0 unspecified atom stereocenters.